The minimum Gasteiger partial charge on any atom is -0.366 e. The molecule has 3 N–H and O–H groups in total. The van der Waals surface area contributed by atoms with Crippen LogP contribution in [0.2, 0.25) is 0 Å². The maximum Gasteiger partial charge on any atom is 0.249 e. The first-order chi connectivity index (χ1) is 8.24. The molecular weight excluding hydrogens is 232 g/mol. The zero-order valence-corrected chi connectivity index (χ0v) is 10.6. The Morgan fingerprint density at radius 3 is 2.53 bits per heavy atom. The molecule has 0 aromatic carbocycles. The van der Waals surface area contributed by atoms with Crippen molar-refractivity contribution in [2.45, 2.75) is 38.3 Å². The van der Waals surface area contributed by atoms with E-state index in [1.807, 2.05) is 11.4 Å². The van der Waals surface area contributed by atoms with E-state index in [9.17, 15) is 4.79 Å². The van der Waals surface area contributed by atoms with Crippen LogP contribution in [-0.4, -0.2) is 11.9 Å². The third-order valence-electron chi connectivity index (χ3n) is 3.71. The topological polar surface area (TPSA) is 55.1 Å². The van der Waals surface area contributed by atoms with E-state index in [0.29, 0.717) is 11.6 Å². The molecule has 0 saturated heterocycles. The second kappa shape index (κ2) is 4.42. The minimum atomic E-state index is -0.326. The molecule has 92 valence electrons. The Kier molecular flexibility index (Phi) is 2.92. The van der Waals surface area contributed by atoms with Crippen molar-refractivity contribution in [2.24, 2.45) is 17.6 Å². The third-order valence-corrected chi connectivity index (χ3v) is 4.65. The van der Waals surface area contributed by atoms with Crippen LogP contribution in [0.3, 0.4) is 0 Å². The number of rotatable bonds is 6. The van der Waals surface area contributed by atoms with Crippen molar-refractivity contribution in [3.05, 3.63) is 21.9 Å². The Morgan fingerprint density at radius 1 is 1.41 bits per heavy atom. The smallest absolute Gasteiger partial charge is 0.249 e. The van der Waals surface area contributed by atoms with Gasteiger partial charge in [-0.15, -0.1) is 11.3 Å². The van der Waals surface area contributed by atoms with Gasteiger partial charge in [-0.25, -0.2) is 0 Å². The van der Waals surface area contributed by atoms with Crippen molar-refractivity contribution in [2.75, 3.05) is 0 Å². The number of amides is 1. The zero-order valence-electron chi connectivity index (χ0n) is 9.82. The van der Waals surface area contributed by atoms with Crippen molar-refractivity contribution in [1.29, 1.82) is 0 Å². The van der Waals surface area contributed by atoms with Crippen LogP contribution in [-0.2, 0) is 6.54 Å². The van der Waals surface area contributed by atoms with Gasteiger partial charge in [0.15, 0.2) is 0 Å². The van der Waals surface area contributed by atoms with Gasteiger partial charge in [0.25, 0.3) is 0 Å². The highest BCUT2D eigenvalue weighted by Crippen LogP contribution is 2.44. The molecule has 1 amide bonds. The number of nitrogens with one attached hydrogen (secondary N) is 1. The predicted molar refractivity (Wildman–Crippen MR) is 68.9 cm³/mol. The van der Waals surface area contributed by atoms with Crippen LogP contribution in [0, 0.1) is 11.8 Å². The average molecular weight is 250 g/mol. The van der Waals surface area contributed by atoms with Crippen molar-refractivity contribution in [1.82, 2.24) is 5.32 Å². The van der Waals surface area contributed by atoms with E-state index in [2.05, 4.69) is 5.32 Å². The first kappa shape index (κ1) is 11.2. The van der Waals surface area contributed by atoms with E-state index in [0.717, 1.165) is 18.4 Å². The first-order valence-electron chi connectivity index (χ1n) is 6.34. The SMILES string of the molecule is NC(=O)c1csc(CNC(C2CC2)C2CC2)c1. The van der Waals surface area contributed by atoms with Gasteiger partial charge in [0.05, 0.1) is 5.56 Å². The van der Waals surface area contributed by atoms with Gasteiger partial charge in [-0.05, 0) is 43.6 Å². The van der Waals surface area contributed by atoms with E-state index >= 15 is 0 Å². The molecule has 2 aliphatic rings. The second-order valence-electron chi connectivity index (χ2n) is 5.25. The van der Waals surface area contributed by atoms with Crippen molar-refractivity contribution < 1.29 is 4.79 Å². The van der Waals surface area contributed by atoms with Crippen LogP contribution in [0.5, 0.6) is 0 Å². The molecule has 0 bridgehead atoms. The summed E-state index contributed by atoms with van der Waals surface area (Å²) in [5.74, 6) is 1.50. The lowest BCUT2D eigenvalue weighted by Gasteiger charge is -2.16. The zero-order chi connectivity index (χ0) is 11.8. The normalized spacial score (nSPS) is 19.8. The van der Waals surface area contributed by atoms with E-state index in [4.69, 9.17) is 5.73 Å². The first-order valence-corrected chi connectivity index (χ1v) is 7.22. The summed E-state index contributed by atoms with van der Waals surface area (Å²) in [7, 11) is 0. The minimum absolute atomic E-state index is 0.326. The number of nitrogens with two attached hydrogens (primary N) is 1. The highest BCUT2D eigenvalue weighted by atomic mass is 32.1. The molecule has 1 heterocycles. The Hall–Kier alpha value is -0.870. The van der Waals surface area contributed by atoms with Crippen LogP contribution in [0.15, 0.2) is 11.4 Å². The van der Waals surface area contributed by atoms with Gasteiger partial charge < -0.3 is 11.1 Å². The fourth-order valence-electron chi connectivity index (χ4n) is 2.45. The Bertz CT molecular complexity index is 409. The summed E-state index contributed by atoms with van der Waals surface area (Å²) in [4.78, 5) is 12.2. The lowest BCUT2D eigenvalue weighted by molar-refractivity contribution is 0.100. The molecule has 0 spiro atoms. The van der Waals surface area contributed by atoms with Gasteiger partial charge >= 0.3 is 0 Å². The Morgan fingerprint density at radius 2 is 2.06 bits per heavy atom. The highest BCUT2D eigenvalue weighted by Gasteiger charge is 2.40. The van der Waals surface area contributed by atoms with Gasteiger partial charge in [-0.3, -0.25) is 4.79 Å². The van der Waals surface area contributed by atoms with E-state index in [-0.39, 0.29) is 5.91 Å². The summed E-state index contributed by atoms with van der Waals surface area (Å²) in [5, 5.41) is 5.52. The largest absolute Gasteiger partial charge is 0.366 e. The lowest BCUT2D eigenvalue weighted by atomic mass is 10.1. The predicted octanol–water partition coefficient (Wildman–Crippen LogP) is 2.13. The average Bonchev–Trinajstić information content (AvgIpc) is 3.20. The molecule has 1 aromatic rings. The summed E-state index contributed by atoms with van der Waals surface area (Å²) in [6.07, 6.45) is 5.58. The summed E-state index contributed by atoms with van der Waals surface area (Å²) in [6.45, 7) is 0.885. The van der Waals surface area contributed by atoms with Crippen LogP contribution in [0.25, 0.3) is 0 Å². The van der Waals surface area contributed by atoms with Gasteiger partial charge in [-0.1, -0.05) is 0 Å². The van der Waals surface area contributed by atoms with Gasteiger partial charge in [0, 0.05) is 22.8 Å². The number of hydrogen-bond donors (Lipinski definition) is 2. The summed E-state index contributed by atoms with van der Waals surface area (Å²) in [5.41, 5.74) is 5.89. The van der Waals surface area contributed by atoms with E-state index < -0.39 is 0 Å². The van der Waals surface area contributed by atoms with Crippen LogP contribution >= 0.6 is 11.3 Å². The van der Waals surface area contributed by atoms with Crippen molar-refractivity contribution in [3.8, 4) is 0 Å². The molecule has 4 heteroatoms. The summed E-state index contributed by atoms with van der Waals surface area (Å²) < 4.78 is 0. The molecule has 0 aliphatic heterocycles. The van der Waals surface area contributed by atoms with Crippen LogP contribution in [0.4, 0.5) is 0 Å². The number of carbonyl (C=O) groups is 1. The van der Waals surface area contributed by atoms with Crippen LogP contribution in [0.1, 0.15) is 40.9 Å². The van der Waals surface area contributed by atoms with Crippen LogP contribution < -0.4 is 11.1 Å². The molecule has 2 aliphatic carbocycles. The molecule has 0 unspecified atom stereocenters. The highest BCUT2D eigenvalue weighted by molar-refractivity contribution is 7.10. The van der Waals surface area contributed by atoms with Gasteiger partial charge in [-0.2, -0.15) is 0 Å². The van der Waals surface area contributed by atoms with Gasteiger partial charge in [0.2, 0.25) is 5.91 Å². The maximum atomic E-state index is 11.0. The molecule has 2 fully saturated rings. The molecule has 0 radical (unpaired) electrons. The van der Waals surface area contributed by atoms with E-state index in [1.54, 1.807) is 11.3 Å². The summed E-state index contributed by atoms with van der Waals surface area (Å²) >= 11 is 1.62. The maximum absolute atomic E-state index is 11.0. The number of primary amides is 1. The molecule has 0 atom stereocenters. The molecule has 17 heavy (non-hydrogen) atoms. The fraction of sp³-hybridized carbons (Fsp3) is 0.615. The van der Waals surface area contributed by atoms with E-state index in [1.165, 1.54) is 30.6 Å². The molecule has 3 rings (SSSR count). The Balaban J connectivity index is 1.56. The second-order valence-corrected chi connectivity index (χ2v) is 6.24. The molecule has 1 aromatic heterocycles. The standard InChI is InChI=1S/C13H18N2OS/c14-13(16)10-5-11(17-7-10)6-15-12(8-1-2-8)9-3-4-9/h5,7-9,12,15H,1-4,6H2,(H2,14,16). The van der Waals surface area contributed by atoms with Crippen molar-refractivity contribution in [3.63, 3.8) is 0 Å². The third kappa shape index (κ3) is 2.69. The molecule has 2 saturated carbocycles. The van der Waals surface area contributed by atoms with Gasteiger partial charge in [0.1, 0.15) is 0 Å². The molecule has 3 nitrogen and oxygen atoms in total. The quantitative estimate of drug-likeness (QED) is 0.812. The monoisotopic (exact) mass is 250 g/mol. The number of hydrogen-bond acceptors (Lipinski definition) is 3. The Labute approximate surface area is 105 Å². The lowest BCUT2D eigenvalue weighted by Crippen LogP contribution is -2.32. The fourth-order valence-corrected chi connectivity index (χ4v) is 3.27. The number of thiophene rings is 1. The van der Waals surface area contributed by atoms with Crippen molar-refractivity contribution >= 4 is 17.2 Å². The number of carbonyl (C=O) groups excluding carboxylic acids is 1. The summed E-state index contributed by atoms with van der Waals surface area (Å²) in [6, 6.07) is 2.63. The molecular formula is C13H18N2OS.